The molecule has 1 saturated heterocycles. The van der Waals surface area contributed by atoms with Gasteiger partial charge in [0.25, 0.3) is 0 Å². The molecule has 12 heteroatoms. The number of carbonyl (C=O) groups excluding carboxylic acids is 1. The molecule has 2 aromatic heterocycles. The second-order valence-corrected chi connectivity index (χ2v) is 8.11. The fraction of sp³-hybridized carbons (Fsp3) is 0.476. The number of hydrogen-bond acceptors (Lipinski definition) is 8. The van der Waals surface area contributed by atoms with Crippen LogP contribution < -0.4 is 16.4 Å². The Morgan fingerprint density at radius 2 is 1.94 bits per heavy atom. The fourth-order valence-electron chi connectivity index (χ4n) is 4.04. The molecule has 0 aromatic carbocycles. The molecule has 4 rings (SSSR count). The van der Waals surface area contributed by atoms with E-state index in [1.54, 1.807) is 4.90 Å². The standard InChI is InChI=1S/C21H26F2N8O2/c22-12-8-15(18(25)26-10-12)17(24)20-27-11-16(23)19(30-20)28-13-2-1-3-14(9-13)29-21(32)31-4-6-33-7-5-31/h8,10-11,13-14,24H,1-7,9H2,(H2,25,26)(H,29,32)(H,27,28,30)/t13-,14+/m0/s1. The average Bonchev–Trinajstić information content (AvgIpc) is 2.82. The molecular weight excluding hydrogens is 434 g/mol. The predicted molar refractivity (Wildman–Crippen MR) is 117 cm³/mol. The number of morpholine rings is 1. The summed E-state index contributed by atoms with van der Waals surface area (Å²) in [5.74, 6) is -1.54. The van der Waals surface area contributed by atoms with Crippen molar-refractivity contribution in [3.05, 3.63) is 41.5 Å². The van der Waals surface area contributed by atoms with Gasteiger partial charge in [-0.3, -0.25) is 5.41 Å². The van der Waals surface area contributed by atoms with Gasteiger partial charge in [-0.15, -0.1) is 0 Å². The molecule has 0 bridgehead atoms. The van der Waals surface area contributed by atoms with Gasteiger partial charge in [0.1, 0.15) is 17.3 Å². The van der Waals surface area contributed by atoms with Crippen LogP contribution in [-0.4, -0.2) is 70.0 Å². The zero-order chi connectivity index (χ0) is 23.4. The average molecular weight is 460 g/mol. The maximum atomic E-state index is 14.4. The first-order chi connectivity index (χ1) is 15.9. The van der Waals surface area contributed by atoms with E-state index >= 15 is 0 Å². The number of nitrogens with one attached hydrogen (secondary N) is 3. The van der Waals surface area contributed by atoms with Gasteiger partial charge in [0.15, 0.2) is 17.5 Å². The molecule has 1 aliphatic carbocycles. The number of urea groups is 1. The molecule has 2 amide bonds. The van der Waals surface area contributed by atoms with Crippen LogP contribution in [0.15, 0.2) is 18.5 Å². The quantitative estimate of drug-likeness (QED) is 0.499. The Balaban J connectivity index is 1.42. The maximum Gasteiger partial charge on any atom is 0.317 e. The molecule has 10 nitrogen and oxygen atoms in total. The van der Waals surface area contributed by atoms with Crippen molar-refractivity contribution in [2.24, 2.45) is 0 Å². The summed E-state index contributed by atoms with van der Waals surface area (Å²) in [4.78, 5) is 25.9. The van der Waals surface area contributed by atoms with Gasteiger partial charge in [0, 0.05) is 30.7 Å². The van der Waals surface area contributed by atoms with Gasteiger partial charge in [-0.25, -0.2) is 28.5 Å². The van der Waals surface area contributed by atoms with Crippen LogP contribution >= 0.6 is 0 Å². The highest BCUT2D eigenvalue weighted by molar-refractivity contribution is 6.11. The normalized spacial score (nSPS) is 20.8. The topological polar surface area (TPSA) is 142 Å². The van der Waals surface area contributed by atoms with Gasteiger partial charge < -0.3 is 26.0 Å². The van der Waals surface area contributed by atoms with E-state index in [4.69, 9.17) is 15.9 Å². The second-order valence-electron chi connectivity index (χ2n) is 8.11. The third kappa shape index (κ3) is 5.51. The van der Waals surface area contributed by atoms with E-state index < -0.39 is 11.6 Å². The van der Waals surface area contributed by atoms with E-state index in [1.807, 2.05) is 0 Å². The van der Waals surface area contributed by atoms with Crippen molar-refractivity contribution in [2.45, 2.75) is 37.8 Å². The van der Waals surface area contributed by atoms with E-state index in [1.165, 1.54) is 0 Å². The molecule has 2 aromatic rings. The fourth-order valence-corrected chi connectivity index (χ4v) is 4.04. The van der Waals surface area contributed by atoms with Crippen molar-refractivity contribution in [3.63, 3.8) is 0 Å². The minimum Gasteiger partial charge on any atom is -0.383 e. The number of nitrogens with zero attached hydrogens (tertiary/aromatic N) is 4. The summed E-state index contributed by atoms with van der Waals surface area (Å²) in [7, 11) is 0. The first kappa shape index (κ1) is 22.8. The Bertz CT molecular complexity index is 1030. The molecule has 0 spiro atoms. The number of aromatic nitrogens is 3. The summed E-state index contributed by atoms with van der Waals surface area (Å²) < 4.78 is 33.3. The molecule has 1 aliphatic heterocycles. The van der Waals surface area contributed by atoms with E-state index in [2.05, 4.69) is 25.6 Å². The zero-order valence-corrected chi connectivity index (χ0v) is 18.0. The van der Waals surface area contributed by atoms with Crippen LogP contribution in [0.5, 0.6) is 0 Å². The van der Waals surface area contributed by atoms with Crippen LogP contribution in [0.1, 0.15) is 37.1 Å². The minimum absolute atomic E-state index is 0.0242. The molecule has 176 valence electrons. The number of hydrogen-bond donors (Lipinski definition) is 4. The van der Waals surface area contributed by atoms with Crippen LogP contribution in [0.2, 0.25) is 0 Å². The monoisotopic (exact) mass is 460 g/mol. The second kappa shape index (κ2) is 10.0. The molecule has 1 saturated carbocycles. The molecule has 2 aliphatic rings. The SMILES string of the molecule is N=C(c1ncc(F)c(N[C@H]2CCC[C@@H](NC(=O)N3CCOCC3)C2)n1)c1cc(F)cnc1N. The smallest absolute Gasteiger partial charge is 0.317 e. The molecule has 5 N–H and O–H groups in total. The third-order valence-corrected chi connectivity index (χ3v) is 5.76. The highest BCUT2D eigenvalue weighted by Gasteiger charge is 2.27. The number of nitrogen functional groups attached to an aromatic ring is 1. The Morgan fingerprint density at radius 1 is 1.18 bits per heavy atom. The van der Waals surface area contributed by atoms with Gasteiger partial charge in [-0.2, -0.15) is 0 Å². The van der Waals surface area contributed by atoms with Gasteiger partial charge >= 0.3 is 6.03 Å². The highest BCUT2D eigenvalue weighted by Crippen LogP contribution is 2.24. The van der Waals surface area contributed by atoms with Crippen molar-refractivity contribution in [1.29, 1.82) is 5.41 Å². The number of amides is 2. The van der Waals surface area contributed by atoms with Crippen LogP contribution in [0.3, 0.4) is 0 Å². The lowest BCUT2D eigenvalue weighted by molar-refractivity contribution is 0.0521. The molecule has 0 unspecified atom stereocenters. The maximum absolute atomic E-state index is 14.4. The van der Waals surface area contributed by atoms with Crippen LogP contribution in [0.4, 0.5) is 25.2 Å². The van der Waals surface area contributed by atoms with Crippen molar-refractivity contribution >= 4 is 23.4 Å². The van der Waals surface area contributed by atoms with E-state index in [0.29, 0.717) is 32.7 Å². The van der Waals surface area contributed by atoms with Crippen LogP contribution in [0.25, 0.3) is 0 Å². The number of ether oxygens (including phenoxy) is 1. The van der Waals surface area contributed by atoms with Crippen molar-refractivity contribution in [1.82, 2.24) is 25.2 Å². The molecule has 3 heterocycles. The number of halogens is 2. The summed E-state index contributed by atoms with van der Waals surface area (Å²) in [5.41, 5.74) is 5.51. The lowest BCUT2D eigenvalue weighted by Crippen LogP contribution is -2.51. The summed E-state index contributed by atoms with van der Waals surface area (Å²) in [6.45, 7) is 2.19. The molecular formula is C21H26F2N8O2. The van der Waals surface area contributed by atoms with Crippen molar-refractivity contribution in [2.75, 3.05) is 37.4 Å². The summed E-state index contributed by atoms with van der Waals surface area (Å²) in [6, 6.07) is 0.774. The Labute approximate surface area is 189 Å². The Hall–Kier alpha value is -3.41. The Kier molecular flexibility index (Phi) is 6.92. The number of rotatable bonds is 5. The highest BCUT2D eigenvalue weighted by atomic mass is 19.1. The van der Waals surface area contributed by atoms with Crippen LogP contribution in [0, 0.1) is 17.0 Å². The number of anilines is 2. The van der Waals surface area contributed by atoms with Gasteiger partial charge in [-0.05, 0) is 31.7 Å². The van der Waals surface area contributed by atoms with Gasteiger partial charge in [-0.1, -0.05) is 0 Å². The number of carbonyl (C=O) groups is 1. The van der Waals surface area contributed by atoms with E-state index in [0.717, 1.165) is 37.7 Å². The third-order valence-electron chi connectivity index (χ3n) is 5.76. The van der Waals surface area contributed by atoms with Gasteiger partial charge in [0.2, 0.25) is 0 Å². The minimum atomic E-state index is -0.670. The summed E-state index contributed by atoms with van der Waals surface area (Å²) in [5, 5.41) is 14.4. The molecule has 0 radical (unpaired) electrons. The number of nitrogens with two attached hydrogens (primary N) is 1. The first-order valence-electron chi connectivity index (χ1n) is 10.8. The van der Waals surface area contributed by atoms with Crippen LogP contribution in [-0.2, 0) is 4.74 Å². The molecule has 33 heavy (non-hydrogen) atoms. The number of pyridine rings is 1. The lowest BCUT2D eigenvalue weighted by atomic mass is 9.91. The largest absolute Gasteiger partial charge is 0.383 e. The van der Waals surface area contributed by atoms with Crippen molar-refractivity contribution in [3.8, 4) is 0 Å². The van der Waals surface area contributed by atoms with E-state index in [-0.39, 0.29) is 46.9 Å². The summed E-state index contributed by atoms with van der Waals surface area (Å²) in [6.07, 6.45) is 4.98. The lowest BCUT2D eigenvalue weighted by Gasteiger charge is -2.33. The first-order valence-corrected chi connectivity index (χ1v) is 10.8. The van der Waals surface area contributed by atoms with E-state index in [9.17, 15) is 13.6 Å². The zero-order valence-electron chi connectivity index (χ0n) is 18.0. The summed E-state index contributed by atoms with van der Waals surface area (Å²) >= 11 is 0. The molecule has 2 atom stereocenters. The van der Waals surface area contributed by atoms with Gasteiger partial charge in [0.05, 0.1) is 25.6 Å². The van der Waals surface area contributed by atoms with Crippen molar-refractivity contribution < 1.29 is 18.3 Å². The predicted octanol–water partition coefficient (Wildman–Crippen LogP) is 1.91. The molecule has 2 fully saturated rings. The Morgan fingerprint density at radius 3 is 2.73 bits per heavy atom.